The van der Waals surface area contributed by atoms with E-state index in [4.69, 9.17) is 4.74 Å². The molecular formula is C13H17BrO2. The van der Waals surface area contributed by atoms with E-state index in [0.717, 1.165) is 28.6 Å². The lowest BCUT2D eigenvalue weighted by Crippen LogP contribution is -2.07. The van der Waals surface area contributed by atoms with Crippen LogP contribution in [0.3, 0.4) is 0 Å². The molecule has 0 aromatic heterocycles. The predicted molar refractivity (Wildman–Crippen MR) is 67.9 cm³/mol. The highest BCUT2D eigenvalue weighted by atomic mass is 79.9. The summed E-state index contributed by atoms with van der Waals surface area (Å²) in [5.41, 5.74) is 1.54. The molecule has 16 heavy (non-hydrogen) atoms. The second-order valence-electron chi connectivity index (χ2n) is 4.77. The maximum absolute atomic E-state index is 10.2. The van der Waals surface area contributed by atoms with Crippen LogP contribution in [0.4, 0.5) is 0 Å². The molecule has 1 N–H and O–H groups in total. The second kappa shape index (κ2) is 4.04. The molecule has 0 bridgehead atoms. The molecule has 0 heterocycles. The van der Waals surface area contributed by atoms with Crippen molar-refractivity contribution in [3.05, 3.63) is 27.7 Å². The van der Waals surface area contributed by atoms with Crippen LogP contribution in [-0.4, -0.2) is 12.2 Å². The quantitative estimate of drug-likeness (QED) is 0.920. The van der Waals surface area contributed by atoms with Gasteiger partial charge >= 0.3 is 0 Å². The Bertz CT molecular complexity index is 409. The summed E-state index contributed by atoms with van der Waals surface area (Å²) in [6.07, 6.45) is 1.69. The van der Waals surface area contributed by atoms with Crippen LogP contribution in [0.25, 0.3) is 0 Å². The van der Waals surface area contributed by atoms with Crippen LogP contribution in [0.2, 0.25) is 0 Å². The van der Waals surface area contributed by atoms with E-state index in [-0.39, 0.29) is 0 Å². The minimum atomic E-state index is -0.628. The number of aliphatic hydroxyl groups is 1. The van der Waals surface area contributed by atoms with Gasteiger partial charge in [-0.1, -0.05) is 19.9 Å². The molecule has 3 heteroatoms. The van der Waals surface area contributed by atoms with Crippen LogP contribution in [0.5, 0.6) is 5.75 Å². The van der Waals surface area contributed by atoms with Crippen LogP contribution >= 0.6 is 15.9 Å². The molecule has 1 aliphatic carbocycles. The molecule has 1 fully saturated rings. The summed E-state index contributed by atoms with van der Waals surface area (Å²) in [5.74, 6) is 1.24. The average Bonchev–Trinajstić information content (AvgIpc) is 2.97. The van der Waals surface area contributed by atoms with Gasteiger partial charge in [0.05, 0.1) is 17.2 Å². The summed E-state index contributed by atoms with van der Waals surface area (Å²) < 4.78 is 6.23. The first-order valence-corrected chi connectivity index (χ1v) is 6.37. The number of hydrogen-bond donors (Lipinski definition) is 1. The lowest BCUT2D eigenvalue weighted by Gasteiger charge is -2.17. The lowest BCUT2D eigenvalue weighted by atomic mass is 9.97. The third-order valence-electron chi connectivity index (χ3n) is 3.17. The van der Waals surface area contributed by atoms with Gasteiger partial charge in [-0.25, -0.2) is 0 Å². The standard InChI is InChI=1S/C13H17BrO2/c1-8(2)9-6-10(13(15)4-5-13)12(14)11(7-9)16-3/h6-8,15H,4-5H2,1-3H3. The molecule has 88 valence electrons. The Balaban J connectivity index is 2.54. The van der Waals surface area contributed by atoms with Crippen molar-refractivity contribution in [2.24, 2.45) is 0 Å². The van der Waals surface area contributed by atoms with Gasteiger partial charge in [0, 0.05) is 5.56 Å². The highest BCUT2D eigenvalue weighted by Crippen LogP contribution is 2.50. The van der Waals surface area contributed by atoms with E-state index < -0.39 is 5.60 Å². The fraction of sp³-hybridized carbons (Fsp3) is 0.538. The maximum Gasteiger partial charge on any atom is 0.133 e. The molecule has 1 saturated carbocycles. The molecule has 0 radical (unpaired) electrons. The molecule has 0 aliphatic heterocycles. The molecule has 1 aromatic rings. The van der Waals surface area contributed by atoms with E-state index in [0.29, 0.717) is 5.92 Å². The van der Waals surface area contributed by atoms with Crippen molar-refractivity contribution in [3.8, 4) is 5.75 Å². The van der Waals surface area contributed by atoms with Crippen molar-refractivity contribution in [1.82, 2.24) is 0 Å². The lowest BCUT2D eigenvalue weighted by molar-refractivity contribution is 0.150. The van der Waals surface area contributed by atoms with Crippen molar-refractivity contribution in [1.29, 1.82) is 0 Å². The summed E-state index contributed by atoms with van der Waals surface area (Å²) in [7, 11) is 1.66. The van der Waals surface area contributed by atoms with E-state index in [1.807, 2.05) is 6.07 Å². The minimum Gasteiger partial charge on any atom is -0.496 e. The summed E-state index contributed by atoms with van der Waals surface area (Å²) in [5, 5.41) is 10.2. The summed E-state index contributed by atoms with van der Waals surface area (Å²) in [4.78, 5) is 0. The van der Waals surface area contributed by atoms with Gasteiger partial charge in [-0.2, -0.15) is 0 Å². The highest BCUT2D eigenvalue weighted by molar-refractivity contribution is 9.10. The number of rotatable bonds is 3. The zero-order valence-corrected chi connectivity index (χ0v) is 11.5. The summed E-state index contributed by atoms with van der Waals surface area (Å²) >= 11 is 3.52. The fourth-order valence-electron chi connectivity index (χ4n) is 1.83. The minimum absolute atomic E-state index is 0.433. The van der Waals surface area contributed by atoms with E-state index in [1.54, 1.807) is 7.11 Å². The maximum atomic E-state index is 10.2. The Morgan fingerprint density at radius 2 is 2.00 bits per heavy atom. The Labute approximate surface area is 105 Å². The van der Waals surface area contributed by atoms with Crippen molar-refractivity contribution in [3.63, 3.8) is 0 Å². The normalized spacial score (nSPS) is 17.6. The van der Waals surface area contributed by atoms with Crippen molar-refractivity contribution in [2.45, 2.75) is 38.2 Å². The first-order valence-electron chi connectivity index (χ1n) is 5.58. The Kier molecular flexibility index (Phi) is 3.01. The molecule has 0 unspecified atom stereocenters. The van der Waals surface area contributed by atoms with E-state index >= 15 is 0 Å². The monoisotopic (exact) mass is 284 g/mol. The molecule has 0 atom stereocenters. The second-order valence-corrected chi connectivity index (χ2v) is 5.56. The van der Waals surface area contributed by atoms with Crippen molar-refractivity contribution < 1.29 is 9.84 Å². The number of methoxy groups -OCH3 is 1. The SMILES string of the molecule is COc1cc(C(C)C)cc(C2(O)CC2)c1Br. The van der Waals surface area contributed by atoms with E-state index in [9.17, 15) is 5.11 Å². The van der Waals surface area contributed by atoms with Gasteiger partial charge in [-0.15, -0.1) is 0 Å². The summed E-state index contributed by atoms with van der Waals surface area (Å²) in [6.45, 7) is 4.28. The number of hydrogen-bond acceptors (Lipinski definition) is 2. The largest absolute Gasteiger partial charge is 0.496 e. The Morgan fingerprint density at radius 3 is 2.44 bits per heavy atom. The van der Waals surface area contributed by atoms with Crippen molar-refractivity contribution >= 4 is 15.9 Å². The van der Waals surface area contributed by atoms with Gasteiger partial charge < -0.3 is 9.84 Å². The highest BCUT2D eigenvalue weighted by Gasteiger charge is 2.44. The third kappa shape index (κ3) is 1.98. The van der Waals surface area contributed by atoms with Gasteiger partial charge in [-0.05, 0) is 46.3 Å². The summed E-state index contributed by atoms with van der Waals surface area (Å²) in [6, 6.07) is 4.12. The molecule has 2 rings (SSSR count). The first kappa shape index (κ1) is 11.9. The number of benzene rings is 1. The number of ether oxygens (including phenoxy) is 1. The van der Waals surface area contributed by atoms with Crippen LogP contribution in [0, 0.1) is 0 Å². The Morgan fingerprint density at radius 1 is 1.38 bits per heavy atom. The molecule has 1 aliphatic rings. The first-order chi connectivity index (χ1) is 7.48. The van der Waals surface area contributed by atoms with Crippen LogP contribution < -0.4 is 4.74 Å². The van der Waals surface area contributed by atoms with Gasteiger partial charge in [0.15, 0.2) is 0 Å². The molecule has 0 amide bonds. The van der Waals surface area contributed by atoms with Gasteiger partial charge in [0.2, 0.25) is 0 Å². The van der Waals surface area contributed by atoms with E-state index in [2.05, 4.69) is 35.8 Å². The number of halogens is 1. The van der Waals surface area contributed by atoms with Gasteiger partial charge in [0.25, 0.3) is 0 Å². The molecule has 0 spiro atoms. The fourth-order valence-corrected chi connectivity index (χ4v) is 2.59. The van der Waals surface area contributed by atoms with Crippen LogP contribution in [0.15, 0.2) is 16.6 Å². The molecule has 0 saturated heterocycles. The van der Waals surface area contributed by atoms with E-state index in [1.165, 1.54) is 5.56 Å². The smallest absolute Gasteiger partial charge is 0.133 e. The molecule has 2 nitrogen and oxygen atoms in total. The predicted octanol–water partition coefficient (Wildman–Crippen LogP) is 3.56. The Hall–Kier alpha value is -0.540. The van der Waals surface area contributed by atoms with Crippen LogP contribution in [-0.2, 0) is 5.60 Å². The van der Waals surface area contributed by atoms with Gasteiger partial charge in [0.1, 0.15) is 5.75 Å². The molecular weight excluding hydrogens is 268 g/mol. The van der Waals surface area contributed by atoms with Crippen molar-refractivity contribution in [2.75, 3.05) is 7.11 Å². The molecule has 1 aromatic carbocycles. The zero-order valence-electron chi connectivity index (χ0n) is 9.88. The third-order valence-corrected chi connectivity index (χ3v) is 3.99. The topological polar surface area (TPSA) is 29.5 Å². The van der Waals surface area contributed by atoms with Gasteiger partial charge in [-0.3, -0.25) is 0 Å². The van der Waals surface area contributed by atoms with Crippen LogP contribution in [0.1, 0.15) is 43.7 Å². The average molecular weight is 285 g/mol. The zero-order chi connectivity index (χ0) is 11.9.